The number of amides is 1. The Morgan fingerprint density at radius 2 is 2.17 bits per heavy atom. The number of aromatic nitrogens is 1. The van der Waals surface area contributed by atoms with Crippen LogP contribution >= 0.6 is 0 Å². The van der Waals surface area contributed by atoms with E-state index in [2.05, 4.69) is 11.4 Å². The number of fused-ring (bicyclic) bond motifs is 2. The molecule has 0 saturated heterocycles. The molecule has 0 saturated carbocycles. The number of pyridine rings is 1. The van der Waals surface area contributed by atoms with Gasteiger partial charge < -0.3 is 10.1 Å². The molecule has 4 rings (SSSR count). The molecule has 2 aromatic rings. The summed E-state index contributed by atoms with van der Waals surface area (Å²) < 4.78 is 5.54. The number of nitriles is 1. The number of nitrogens with zero attached hydrogens (tertiary/aromatic N) is 2. The molecule has 2 aliphatic rings. The molecule has 0 bridgehead atoms. The number of hydrogen-bond donors (Lipinski definition) is 1. The zero-order valence-corrected chi connectivity index (χ0v) is 13.4. The van der Waals surface area contributed by atoms with Gasteiger partial charge in [0.15, 0.2) is 0 Å². The van der Waals surface area contributed by atoms with Crippen molar-refractivity contribution in [1.29, 1.82) is 5.26 Å². The van der Waals surface area contributed by atoms with Gasteiger partial charge in [0.1, 0.15) is 5.92 Å². The fraction of sp³-hybridized carbons (Fsp3) is 0.316. The molecule has 1 aliphatic carbocycles. The minimum absolute atomic E-state index is 0.0881. The van der Waals surface area contributed by atoms with E-state index in [-0.39, 0.29) is 12.0 Å². The standard InChI is InChI=1S/C19H17N3O2/c1-24-17-4-2-3-14-12(17)6-8-16(21-14)18-13-9-11(10-20)5-7-15(13)22-19(18)23/h5-9,17-18H,2-4H2,1H3,(H,22,23). The largest absolute Gasteiger partial charge is 0.377 e. The number of hydrogen-bond acceptors (Lipinski definition) is 4. The summed E-state index contributed by atoms with van der Waals surface area (Å²) in [5.41, 5.74) is 5.01. The van der Waals surface area contributed by atoms with Crippen LogP contribution in [0.15, 0.2) is 30.3 Å². The highest BCUT2D eigenvalue weighted by Gasteiger charge is 2.34. The van der Waals surface area contributed by atoms with E-state index in [1.165, 1.54) is 0 Å². The van der Waals surface area contributed by atoms with Crippen molar-refractivity contribution in [2.75, 3.05) is 12.4 Å². The van der Waals surface area contributed by atoms with Crippen LogP contribution in [-0.4, -0.2) is 18.0 Å². The van der Waals surface area contributed by atoms with E-state index in [4.69, 9.17) is 15.0 Å². The molecule has 24 heavy (non-hydrogen) atoms. The van der Waals surface area contributed by atoms with Crippen molar-refractivity contribution in [3.8, 4) is 6.07 Å². The van der Waals surface area contributed by atoms with Gasteiger partial charge in [0.25, 0.3) is 0 Å². The molecule has 2 atom stereocenters. The monoisotopic (exact) mass is 319 g/mol. The van der Waals surface area contributed by atoms with Crippen LogP contribution in [0.3, 0.4) is 0 Å². The normalized spacial score (nSPS) is 21.6. The van der Waals surface area contributed by atoms with Gasteiger partial charge in [-0.15, -0.1) is 0 Å². The Balaban J connectivity index is 1.78. The molecule has 0 fully saturated rings. The van der Waals surface area contributed by atoms with E-state index in [9.17, 15) is 4.79 Å². The Kier molecular flexibility index (Phi) is 3.55. The Hall–Kier alpha value is -2.71. The molecule has 1 N–H and O–H groups in total. The number of ether oxygens (including phenoxy) is 1. The third-order valence-electron chi connectivity index (χ3n) is 4.85. The number of benzene rings is 1. The quantitative estimate of drug-likeness (QED) is 0.923. The molecule has 1 aromatic heterocycles. The topological polar surface area (TPSA) is 75.0 Å². The van der Waals surface area contributed by atoms with E-state index >= 15 is 0 Å². The average molecular weight is 319 g/mol. The Morgan fingerprint density at radius 1 is 1.29 bits per heavy atom. The molecular formula is C19H17N3O2. The predicted molar refractivity (Wildman–Crippen MR) is 88.6 cm³/mol. The van der Waals surface area contributed by atoms with Crippen molar-refractivity contribution in [3.05, 3.63) is 58.4 Å². The van der Waals surface area contributed by atoms with Gasteiger partial charge in [0.2, 0.25) is 5.91 Å². The van der Waals surface area contributed by atoms with Gasteiger partial charge in [0.05, 0.1) is 23.4 Å². The second kappa shape index (κ2) is 5.73. The summed E-state index contributed by atoms with van der Waals surface area (Å²) in [4.78, 5) is 17.2. The molecular weight excluding hydrogens is 302 g/mol. The third-order valence-corrected chi connectivity index (χ3v) is 4.85. The number of anilines is 1. The Labute approximate surface area is 140 Å². The number of methoxy groups -OCH3 is 1. The van der Waals surface area contributed by atoms with Gasteiger partial charge in [-0.1, -0.05) is 6.07 Å². The third kappa shape index (κ3) is 2.27. The van der Waals surface area contributed by atoms with Crippen molar-refractivity contribution in [1.82, 2.24) is 4.98 Å². The molecule has 1 aliphatic heterocycles. The molecule has 5 nitrogen and oxygen atoms in total. The van der Waals surface area contributed by atoms with Gasteiger partial charge in [-0.05, 0) is 49.1 Å². The second-order valence-corrected chi connectivity index (χ2v) is 6.22. The first-order valence-corrected chi connectivity index (χ1v) is 8.08. The Morgan fingerprint density at radius 3 is 2.96 bits per heavy atom. The van der Waals surface area contributed by atoms with Crippen molar-refractivity contribution < 1.29 is 9.53 Å². The number of aryl methyl sites for hydroxylation is 1. The van der Waals surface area contributed by atoms with Crippen molar-refractivity contribution >= 4 is 11.6 Å². The number of rotatable bonds is 2. The lowest BCUT2D eigenvalue weighted by Gasteiger charge is -2.24. The fourth-order valence-electron chi connectivity index (χ4n) is 3.66. The zero-order chi connectivity index (χ0) is 16.7. The van der Waals surface area contributed by atoms with Crippen molar-refractivity contribution in [3.63, 3.8) is 0 Å². The number of carbonyl (C=O) groups is 1. The van der Waals surface area contributed by atoms with Crippen LogP contribution < -0.4 is 5.32 Å². The molecule has 120 valence electrons. The highest BCUT2D eigenvalue weighted by molar-refractivity contribution is 6.04. The minimum Gasteiger partial charge on any atom is -0.377 e. The highest BCUT2D eigenvalue weighted by atomic mass is 16.5. The van der Waals surface area contributed by atoms with Crippen LogP contribution in [0.4, 0.5) is 5.69 Å². The molecule has 0 radical (unpaired) electrons. The van der Waals surface area contributed by atoms with Crippen molar-refractivity contribution in [2.24, 2.45) is 0 Å². The summed E-state index contributed by atoms with van der Waals surface area (Å²) in [6, 6.07) is 11.3. The maximum atomic E-state index is 12.5. The van der Waals surface area contributed by atoms with E-state index < -0.39 is 5.92 Å². The van der Waals surface area contributed by atoms with Gasteiger partial charge in [0, 0.05) is 24.1 Å². The number of nitrogens with one attached hydrogen (secondary N) is 1. The molecule has 2 heterocycles. The minimum atomic E-state index is -0.457. The van der Waals surface area contributed by atoms with Gasteiger partial charge >= 0.3 is 0 Å². The number of carbonyl (C=O) groups excluding carboxylic acids is 1. The summed E-state index contributed by atoms with van der Waals surface area (Å²) in [7, 11) is 1.72. The van der Waals surface area contributed by atoms with Crippen molar-refractivity contribution in [2.45, 2.75) is 31.3 Å². The van der Waals surface area contributed by atoms with Crippen LogP contribution in [-0.2, 0) is 16.0 Å². The van der Waals surface area contributed by atoms with Crippen LogP contribution in [0.1, 0.15) is 52.9 Å². The lowest BCUT2D eigenvalue weighted by Crippen LogP contribution is -2.18. The summed E-state index contributed by atoms with van der Waals surface area (Å²) >= 11 is 0. The van der Waals surface area contributed by atoms with Crippen LogP contribution in [0.5, 0.6) is 0 Å². The smallest absolute Gasteiger partial charge is 0.238 e. The lowest BCUT2D eigenvalue weighted by molar-refractivity contribution is -0.116. The van der Waals surface area contributed by atoms with E-state index in [1.54, 1.807) is 25.3 Å². The lowest BCUT2D eigenvalue weighted by atomic mass is 9.90. The summed E-state index contributed by atoms with van der Waals surface area (Å²) in [5, 5.41) is 12.0. The summed E-state index contributed by atoms with van der Waals surface area (Å²) in [5.74, 6) is -0.548. The maximum absolute atomic E-state index is 12.5. The van der Waals surface area contributed by atoms with Gasteiger partial charge in [-0.25, -0.2) is 0 Å². The van der Waals surface area contributed by atoms with Crippen LogP contribution in [0, 0.1) is 11.3 Å². The fourth-order valence-corrected chi connectivity index (χ4v) is 3.66. The molecule has 5 heteroatoms. The molecule has 1 aromatic carbocycles. The first-order valence-electron chi connectivity index (χ1n) is 8.08. The predicted octanol–water partition coefficient (Wildman–Crippen LogP) is 3.06. The summed E-state index contributed by atoms with van der Waals surface area (Å²) in [6.45, 7) is 0. The summed E-state index contributed by atoms with van der Waals surface area (Å²) in [6.07, 6.45) is 3.03. The van der Waals surface area contributed by atoms with Gasteiger partial charge in [-0.3, -0.25) is 9.78 Å². The maximum Gasteiger partial charge on any atom is 0.238 e. The van der Waals surface area contributed by atoms with Crippen LogP contribution in [0.2, 0.25) is 0 Å². The van der Waals surface area contributed by atoms with E-state index in [1.807, 2.05) is 12.1 Å². The zero-order valence-electron chi connectivity index (χ0n) is 13.4. The second-order valence-electron chi connectivity index (χ2n) is 6.22. The molecule has 2 unspecified atom stereocenters. The first-order chi connectivity index (χ1) is 11.7. The van der Waals surface area contributed by atoms with E-state index in [0.717, 1.165) is 47.5 Å². The average Bonchev–Trinajstić information content (AvgIpc) is 2.95. The highest BCUT2D eigenvalue weighted by Crippen LogP contribution is 2.38. The molecule has 0 spiro atoms. The SMILES string of the molecule is COC1CCCc2nc(C3C(=O)Nc4ccc(C#N)cc43)ccc21. The molecule has 1 amide bonds. The van der Waals surface area contributed by atoms with Gasteiger partial charge in [-0.2, -0.15) is 5.26 Å². The van der Waals surface area contributed by atoms with Crippen LogP contribution in [0.25, 0.3) is 0 Å². The van der Waals surface area contributed by atoms with E-state index in [0.29, 0.717) is 5.56 Å². The Bertz CT molecular complexity index is 869. The first kappa shape index (κ1) is 14.9.